The number of nitrogens with one attached hydrogen (secondary N) is 1. The van der Waals surface area contributed by atoms with Crippen LogP contribution >= 0.6 is 0 Å². The molecule has 0 aliphatic carbocycles. The lowest BCUT2D eigenvalue weighted by Crippen LogP contribution is -2.27. The van der Waals surface area contributed by atoms with Crippen LogP contribution in [-0.4, -0.2) is 28.4 Å². The number of hydrogen-bond donors (Lipinski definition) is 1. The summed E-state index contributed by atoms with van der Waals surface area (Å²) in [5, 5.41) is 16.1. The first kappa shape index (κ1) is 21.9. The summed E-state index contributed by atoms with van der Waals surface area (Å²) in [5.74, 6) is -0.894. The minimum atomic E-state index is -2.87. The van der Waals surface area contributed by atoms with Crippen molar-refractivity contribution in [2.45, 2.75) is 25.8 Å². The van der Waals surface area contributed by atoms with Crippen molar-refractivity contribution >= 4 is 27.9 Å². The molecule has 5 rings (SSSR count). The van der Waals surface area contributed by atoms with Gasteiger partial charge in [0.05, 0.1) is 40.9 Å². The third-order valence-corrected chi connectivity index (χ3v) is 6.14. The van der Waals surface area contributed by atoms with E-state index in [2.05, 4.69) is 31.6 Å². The topological polar surface area (TPSA) is 67.1 Å². The minimum Gasteiger partial charge on any atom is -0.377 e. The van der Waals surface area contributed by atoms with Crippen molar-refractivity contribution in [3.63, 3.8) is 0 Å². The van der Waals surface area contributed by atoms with Crippen LogP contribution in [0.3, 0.4) is 0 Å². The van der Waals surface area contributed by atoms with Crippen molar-refractivity contribution in [3.05, 3.63) is 83.6 Å². The van der Waals surface area contributed by atoms with Gasteiger partial charge in [-0.15, -0.1) is 0 Å². The Hall–Kier alpha value is -3.88. The second-order valence-corrected chi connectivity index (χ2v) is 8.22. The molecule has 0 spiro atoms. The number of fused-ring (bicyclic) bond motifs is 1. The molecule has 0 bridgehead atoms. The summed E-state index contributed by atoms with van der Waals surface area (Å²) in [7, 11) is 0. The molecule has 174 valence electrons. The summed E-state index contributed by atoms with van der Waals surface area (Å²) in [6.07, 6.45) is 5.05. The summed E-state index contributed by atoms with van der Waals surface area (Å²) in [6.45, 7) is 3.30. The molecule has 0 fully saturated rings. The molecular formula is C25H22F3N5O. The van der Waals surface area contributed by atoms with Crippen molar-refractivity contribution in [2.24, 2.45) is 0 Å². The Morgan fingerprint density at radius 3 is 2.71 bits per heavy atom. The van der Waals surface area contributed by atoms with E-state index in [0.29, 0.717) is 11.2 Å². The lowest BCUT2D eigenvalue weighted by atomic mass is 9.97. The lowest BCUT2D eigenvalue weighted by molar-refractivity contribution is 0.146. The van der Waals surface area contributed by atoms with Crippen molar-refractivity contribution in [3.8, 4) is 0 Å². The number of anilines is 2. The van der Waals surface area contributed by atoms with Crippen LogP contribution in [0.25, 0.3) is 16.5 Å². The van der Waals surface area contributed by atoms with E-state index in [1.807, 2.05) is 18.2 Å². The number of hydrogen-bond acceptors (Lipinski definition) is 6. The van der Waals surface area contributed by atoms with Gasteiger partial charge < -0.3 is 14.7 Å². The molecule has 1 aliphatic rings. The Kier molecular flexibility index (Phi) is 5.91. The predicted octanol–water partition coefficient (Wildman–Crippen LogP) is 6.16. The lowest BCUT2D eigenvalue weighted by Gasteiger charge is -2.26. The molecule has 34 heavy (non-hydrogen) atoms. The molecule has 0 radical (unpaired) electrons. The number of rotatable bonds is 6. The molecule has 0 saturated heterocycles. The highest BCUT2D eigenvalue weighted by Gasteiger charge is 2.20. The van der Waals surface area contributed by atoms with E-state index in [0.717, 1.165) is 42.2 Å². The van der Waals surface area contributed by atoms with Gasteiger partial charge in [-0.1, -0.05) is 35.5 Å². The molecule has 9 heteroatoms. The highest BCUT2D eigenvalue weighted by atomic mass is 19.3. The Balaban J connectivity index is 1.42. The van der Waals surface area contributed by atoms with Crippen LogP contribution in [0.1, 0.15) is 42.5 Å². The summed E-state index contributed by atoms with van der Waals surface area (Å²) in [6, 6.07) is 9.45. The molecule has 1 N–H and O–H groups in total. The average molecular weight is 465 g/mol. The smallest absolute Gasteiger partial charge is 0.266 e. The Bertz CT molecular complexity index is 1340. The first-order valence-corrected chi connectivity index (χ1v) is 10.9. The molecule has 1 atom stereocenters. The van der Waals surface area contributed by atoms with Gasteiger partial charge in [-0.05, 0) is 36.6 Å². The van der Waals surface area contributed by atoms with E-state index >= 15 is 0 Å². The minimum absolute atomic E-state index is 0.169. The highest BCUT2D eigenvalue weighted by Crippen LogP contribution is 2.33. The summed E-state index contributed by atoms with van der Waals surface area (Å²) >= 11 is 0. The fraction of sp³-hybridized carbons (Fsp3) is 0.240. The number of aromatic nitrogens is 3. The van der Waals surface area contributed by atoms with Gasteiger partial charge in [0.2, 0.25) is 0 Å². The van der Waals surface area contributed by atoms with Gasteiger partial charge in [-0.25, -0.2) is 13.2 Å². The third kappa shape index (κ3) is 4.21. The van der Waals surface area contributed by atoms with E-state index < -0.39 is 23.8 Å². The van der Waals surface area contributed by atoms with Gasteiger partial charge in [0, 0.05) is 24.0 Å². The summed E-state index contributed by atoms with van der Waals surface area (Å²) in [5.41, 5.74) is 4.13. The maximum Gasteiger partial charge on any atom is 0.266 e. The highest BCUT2D eigenvalue weighted by molar-refractivity contribution is 5.93. The van der Waals surface area contributed by atoms with Crippen LogP contribution in [0, 0.1) is 5.82 Å². The number of halogens is 3. The first-order valence-electron chi connectivity index (χ1n) is 10.9. The largest absolute Gasteiger partial charge is 0.377 e. The van der Waals surface area contributed by atoms with Crippen LogP contribution in [0.15, 0.2) is 65.7 Å². The fourth-order valence-electron chi connectivity index (χ4n) is 4.28. The van der Waals surface area contributed by atoms with Crippen LogP contribution in [-0.2, 0) is 0 Å². The van der Waals surface area contributed by atoms with Crippen molar-refractivity contribution in [1.29, 1.82) is 0 Å². The van der Waals surface area contributed by atoms with Crippen LogP contribution in [0.2, 0.25) is 0 Å². The van der Waals surface area contributed by atoms with Gasteiger partial charge in [-0.2, -0.15) is 10.2 Å². The predicted molar refractivity (Wildman–Crippen MR) is 124 cm³/mol. The van der Waals surface area contributed by atoms with Crippen molar-refractivity contribution in [1.82, 2.24) is 15.4 Å². The van der Waals surface area contributed by atoms with E-state index in [-0.39, 0.29) is 5.56 Å². The molecule has 0 unspecified atom stereocenters. The van der Waals surface area contributed by atoms with Crippen LogP contribution in [0.5, 0.6) is 0 Å². The second kappa shape index (κ2) is 9.17. The van der Waals surface area contributed by atoms with Gasteiger partial charge in [-0.3, -0.25) is 0 Å². The third-order valence-electron chi connectivity index (χ3n) is 6.14. The zero-order valence-electron chi connectivity index (χ0n) is 18.4. The number of alkyl halides is 2. The first-order chi connectivity index (χ1) is 16.5. The van der Waals surface area contributed by atoms with Gasteiger partial charge in [0.15, 0.2) is 0 Å². The summed E-state index contributed by atoms with van der Waals surface area (Å²) < 4.78 is 45.9. The van der Waals surface area contributed by atoms with Gasteiger partial charge >= 0.3 is 0 Å². The molecule has 0 amide bonds. The van der Waals surface area contributed by atoms with E-state index in [1.165, 1.54) is 17.7 Å². The van der Waals surface area contributed by atoms with E-state index in [1.54, 1.807) is 25.6 Å². The quantitative estimate of drug-likeness (QED) is 0.368. The SMILES string of the molecule is C[C@@H](Nc1cnnc2ccc(C3=CCN(c4cnoc4)CC3)cc12)c1cccc(C(F)F)c1F. The van der Waals surface area contributed by atoms with Crippen LogP contribution in [0.4, 0.5) is 24.5 Å². The molecule has 4 aromatic rings. The molecule has 1 aliphatic heterocycles. The summed E-state index contributed by atoms with van der Waals surface area (Å²) in [4.78, 5) is 2.18. The normalized spacial score (nSPS) is 15.0. The molecular weight excluding hydrogens is 443 g/mol. The van der Waals surface area contributed by atoms with Crippen molar-refractivity contribution in [2.75, 3.05) is 23.3 Å². The average Bonchev–Trinajstić information content (AvgIpc) is 3.39. The zero-order valence-corrected chi connectivity index (χ0v) is 18.4. The molecule has 2 aromatic heterocycles. The number of benzene rings is 2. The van der Waals surface area contributed by atoms with E-state index in [9.17, 15) is 13.2 Å². The molecule has 0 saturated carbocycles. The molecule has 3 heterocycles. The molecule has 6 nitrogen and oxygen atoms in total. The standard InChI is InChI=1S/C25H22F3N5O/c1-15(19-3-2-4-20(24(19)26)25(27)28)31-23-13-29-32-22-6-5-17(11-21(22)23)16-7-9-33(10-8-16)18-12-30-34-14-18/h2-7,11-15,25H,8-10H2,1H3,(H,31,32)/t15-/m1/s1. The van der Waals surface area contributed by atoms with E-state index in [4.69, 9.17) is 4.52 Å². The monoisotopic (exact) mass is 465 g/mol. The zero-order chi connectivity index (χ0) is 23.7. The van der Waals surface area contributed by atoms with Gasteiger partial charge in [0.25, 0.3) is 6.43 Å². The Morgan fingerprint density at radius 1 is 1.12 bits per heavy atom. The number of nitrogens with zero attached hydrogens (tertiary/aromatic N) is 4. The Morgan fingerprint density at radius 2 is 1.97 bits per heavy atom. The second-order valence-electron chi connectivity index (χ2n) is 8.22. The van der Waals surface area contributed by atoms with Gasteiger partial charge in [0.1, 0.15) is 12.1 Å². The van der Waals surface area contributed by atoms with Crippen molar-refractivity contribution < 1.29 is 17.7 Å². The maximum absolute atomic E-state index is 14.7. The molecule has 2 aromatic carbocycles. The maximum atomic E-state index is 14.7. The fourth-order valence-corrected chi connectivity index (χ4v) is 4.28. The Labute approximate surface area is 194 Å². The van der Waals surface area contributed by atoms with Crippen LogP contribution < -0.4 is 10.2 Å².